The fourth-order valence-electron chi connectivity index (χ4n) is 20.1. The van der Waals surface area contributed by atoms with Crippen LogP contribution >= 0.6 is 0 Å². The van der Waals surface area contributed by atoms with E-state index >= 15 is 0 Å². The Labute approximate surface area is 820 Å². The molecule has 0 unspecified atom stereocenters. The Kier molecular flexibility index (Phi) is 34.7. The van der Waals surface area contributed by atoms with Crippen molar-refractivity contribution in [3.8, 4) is 30.1 Å². The molecule has 2 aliphatic heterocycles. The maximum atomic E-state index is 12.7. The highest BCUT2D eigenvalue weighted by molar-refractivity contribution is 5.88. The van der Waals surface area contributed by atoms with Gasteiger partial charge in [0, 0.05) is 88.7 Å². The molecule has 11 aromatic rings. The number of rotatable bonds is 29. The van der Waals surface area contributed by atoms with Crippen LogP contribution in [0.5, 0.6) is 30.1 Å². The summed E-state index contributed by atoms with van der Waals surface area (Å²) in [5, 5.41) is 22.1. The second-order valence-electron chi connectivity index (χ2n) is 39.1. The van der Waals surface area contributed by atoms with Gasteiger partial charge in [0.05, 0.1) is 35.2 Å². The number of fused-ring (bicyclic) bond motifs is 5. The predicted octanol–water partition coefficient (Wildman–Crippen LogP) is 16.5. The van der Waals surface area contributed by atoms with Gasteiger partial charge in [0.1, 0.15) is 26.9 Å². The summed E-state index contributed by atoms with van der Waals surface area (Å²) in [6, 6.07) is 17.1. The van der Waals surface area contributed by atoms with Crippen LogP contribution in [-0.2, 0) is 43.4 Å². The number of aryl methyl sites for hydroxylation is 5. The van der Waals surface area contributed by atoms with E-state index in [0.717, 1.165) is 183 Å². The van der Waals surface area contributed by atoms with Crippen LogP contribution < -0.4 is 80.1 Å². The van der Waals surface area contributed by atoms with Crippen molar-refractivity contribution in [3.05, 3.63) is 198 Å². The van der Waals surface area contributed by atoms with E-state index in [9.17, 15) is 52.7 Å². The number of oxime groups is 5. The van der Waals surface area contributed by atoms with Crippen molar-refractivity contribution in [2.75, 3.05) is 32.8 Å². The molecule has 1 amide bonds. The Hall–Kier alpha value is -13.8. The number of piperidine rings is 2. The summed E-state index contributed by atoms with van der Waals surface area (Å²) < 4.78 is 30.8. The molecule has 5 N–H and O–H groups in total. The lowest BCUT2D eigenvalue weighted by Crippen LogP contribution is -2.39. The molecule has 10 fully saturated rings. The summed E-state index contributed by atoms with van der Waals surface area (Å²) in [6.07, 6.45) is 45.9. The van der Waals surface area contributed by atoms with Crippen molar-refractivity contribution < 1.29 is 55.8 Å². The monoisotopic (exact) mass is 1960 g/mol. The van der Waals surface area contributed by atoms with E-state index in [4.69, 9.17) is 51.0 Å². The summed E-state index contributed by atoms with van der Waals surface area (Å²) >= 11 is 0. The molecule has 758 valence electrons. The molecule has 0 atom stereocenters. The number of amides is 1. The molecular formula is C104H125N17O22. The Morgan fingerprint density at radius 3 is 0.888 bits per heavy atom. The number of carbonyl (C=O) groups excluding carboxylic acids is 1. The number of aromatic nitrogens is 10. The van der Waals surface area contributed by atoms with Crippen molar-refractivity contribution in [3.63, 3.8) is 0 Å². The molecule has 10 aromatic heterocycles. The summed E-state index contributed by atoms with van der Waals surface area (Å²) in [5.74, 6) is 3.50. The number of nitrogens with zero attached hydrogens (tertiary/aromatic N) is 12. The summed E-state index contributed by atoms with van der Waals surface area (Å²) in [7, 11) is 0. The van der Waals surface area contributed by atoms with Gasteiger partial charge < -0.3 is 55.9 Å². The van der Waals surface area contributed by atoms with E-state index in [0.29, 0.717) is 138 Å². The van der Waals surface area contributed by atoms with E-state index in [1.165, 1.54) is 151 Å². The van der Waals surface area contributed by atoms with Gasteiger partial charge in [-0.2, -0.15) is 24.9 Å². The molecule has 39 nitrogen and oxygen atoms in total. The zero-order valence-corrected chi connectivity index (χ0v) is 81.1. The number of nitrogens with one attached hydrogen (secondary N) is 5. The van der Waals surface area contributed by atoms with Crippen LogP contribution in [0.25, 0.3) is 55.5 Å². The molecule has 10 aliphatic rings. The Morgan fingerprint density at radius 1 is 0.329 bits per heavy atom. The van der Waals surface area contributed by atoms with Crippen LogP contribution in [0.4, 0.5) is 4.79 Å². The molecule has 21 rings (SSSR count). The quantitative estimate of drug-likeness (QED) is 0.0272. The summed E-state index contributed by atoms with van der Waals surface area (Å²) in [5.41, 5.74) is 4.85. The molecule has 8 aliphatic carbocycles. The first-order valence-electron chi connectivity index (χ1n) is 51.4. The van der Waals surface area contributed by atoms with E-state index in [1.807, 2.05) is 6.07 Å². The predicted molar refractivity (Wildman–Crippen MR) is 536 cm³/mol. The maximum Gasteiger partial charge on any atom is 0.409 e. The maximum absolute atomic E-state index is 12.7. The molecule has 0 bridgehead atoms. The minimum absolute atomic E-state index is 0.000511. The first-order valence-corrected chi connectivity index (χ1v) is 51.4. The highest BCUT2D eigenvalue weighted by Gasteiger charge is 2.29. The molecule has 39 heteroatoms. The molecule has 0 spiro atoms. The molecule has 0 radical (unpaired) electrons. The SMILES string of the molecule is CCOC(=O)N1CCC(=NOc2nc3oc(=O)cc(CCC4CCC4)c3c(=O)[nH]2)CC1.O=c1cc(CCC2CCC2)c2c(=O)[nH]c(ON=C3CCCCC3)nc2o1.O=c1cc(CCC2CCCC2)c2c(=O)[nH]c(ON=C3CCCC3)nc2o1.O=c1cc(CCC2CCCC2)c2c(=O)[nH]c(ON=C3CCCCC3)nc2o1.O=c1cc(CCCC2CC2)c2c(=O)[nH]c(ON=C3CCN(Cc4ccccc4)CC3)nc2o1. The van der Waals surface area contributed by atoms with Crippen LogP contribution in [0, 0.1) is 29.6 Å². The first kappa shape index (κ1) is 101. The van der Waals surface area contributed by atoms with Crippen molar-refractivity contribution in [1.29, 1.82) is 0 Å². The third-order valence-corrected chi connectivity index (χ3v) is 28.7. The molecule has 8 saturated carbocycles. The number of ether oxygens (including phenoxy) is 1. The minimum Gasteiger partial charge on any atom is -0.450 e. The average Bonchev–Trinajstić information content (AvgIpc) is 1.53. The minimum atomic E-state index is -0.544. The number of H-pyrrole nitrogens is 5. The molecular weight excluding hydrogens is 1840 g/mol. The Morgan fingerprint density at radius 2 is 0.601 bits per heavy atom. The second-order valence-corrected chi connectivity index (χ2v) is 39.1. The Bertz CT molecular complexity index is 7100. The standard InChI is InChI=1S/C25H28N4O4.C21H26N4O6.C20H25N3O4.2C19H23N3O4/c30-21-15-19(8-4-7-17-9-10-17)22-23(31)26-25(27-24(22)32-21)33-28-20-11-13-29(14-12-20)16-18-5-2-1-3-6-18;1-2-29-21(28)25-10-8-15(9-11-25)24-31-20-22-18(27)17-14(7-6-13-4-3-5-13)12-16(26)30-19(17)23-20;24-16-12-14(11-10-13-6-4-5-7-13)17-18(25)21-20(22-19(17)26-16)27-23-15-8-2-1-3-9-15;23-15-11-13(10-9-12-5-1-2-6-12)16-17(24)20-19(21-18(16)25-15)26-22-14-7-3-4-8-14;23-15-11-13(10-9-12-5-4-6-12)16-17(24)20-19(21-18(16)25-15)26-22-14-7-2-1-3-8-14/h1-3,5-6,15,17H,4,7-14,16H2,(H,26,27,31);12-13H,2-11H2,1H3,(H,22,23,27);12-13H,1-11H2,(H,21,22,25);2*11-12H,1-10H2,(H,20,21,24). The van der Waals surface area contributed by atoms with Gasteiger partial charge in [-0.05, 0) is 211 Å². The molecule has 143 heavy (non-hydrogen) atoms. The highest BCUT2D eigenvalue weighted by Crippen LogP contribution is 2.37. The second kappa shape index (κ2) is 49.3. The fourth-order valence-corrected chi connectivity index (χ4v) is 20.1. The lowest BCUT2D eigenvalue weighted by molar-refractivity contribution is 0.107. The summed E-state index contributed by atoms with van der Waals surface area (Å²) in [4.78, 5) is 199. The van der Waals surface area contributed by atoms with Crippen molar-refractivity contribution in [1.82, 2.24) is 59.6 Å². The van der Waals surface area contributed by atoms with Crippen molar-refractivity contribution in [2.24, 2.45) is 55.4 Å². The third-order valence-electron chi connectivity index (χ3n) is 28.7. The number of benzene rings is 1. The summed E-state index contributed by atoms with van der Waals surface area (Å²) in [6.45, 7) is 5.73. The van der Waals surface area contributed by atoms with Crippen molar-refractivity contribution in [2.45, 2.75) is 302 Å². The van der Waals surface area contributed by atoms with Crippen LogP contribution in [0.2, 0.25) is 0 Å². The average molecular weight is 1970 g/mol. The topological polar surface area (TPSA) is 521 Å². The smallest absolute Gasteiger partial charge is 0.409 e. The number of carbonyl (C=O) groups is 1. The lowest BCUT2D eigenvalue weighted by Gasteiger charge is -2.27. The van der Waals surface area contributed by atoms with E-state index in [2.05, 4.69) is 105 Å². The van der Waals surface area contributed by atoms with Crippen molar-refractivity contribution >= 4 is 90.2 Å². The molecule has 1 aromatic carbocycles. The van der Waals surface area contributed by atoms with E-state index in [-0.39, 0.29) is 92.3 Å². The van der Waals surface area contributed by atoms with Gasteiger partial charge >= 0.3 is 64.3 Å². The van der Waals surface area contributed by atoms with E-state index < -0.39 is 33.7 Å². The lowest BCUT2D eigenvalue weighted by atomic mass is 9.81. The van der Waals surface area contributed by atoms with Crippen LogP contribution in [0.1, 0.15) is 297 Å². The number of hydrogen-bond donors (Lipinski definition) is 5. The zero-order valence-electron chi connectivity index (χ0n) is 81.1. The normalized spacial score (nSPS) is 17.5. The highest BCUT2D eigenvalue weighted by atomic mass is 16.7. The zero-order chi connectivity index (χ0) is 98.9. The first-order chi connectivity index (χ1) is 69.7. The largest absolute Gasteiger partial charge is 0.450 e. The van der Waals surface area contributed by atoms with Gasteiger partial charge in [-0.25, -0.2) is 28.8 Å². The van der Waals surface area contributed by atoms with Gasteiger partial charge in [0.2, 0.25) is 28.6 Å². The van der Waals surface area contributed by atoms with Gasteiger partial charge in [-0.3, -0.25) is 53.8 Å². The van der Waals surface area contributed by atoms with Gasteiger partial charge in [0.25, 0.3) is 27.8 Å². The van der Waals surface area contributed by atoms with E-state index in [1.54, 1.807) is 11.8 Å². The molecule has 2 saturated heterocycles. The van der Waals surface area contributed by atoms with Crippen LogP contribution in [0.3, 0.4) is 0 Å². The van der Waals surface area contributed by atoms with Gasteiger partial charge in [0.15, 0.2) is 0 Å². The number of likely N-dealkylation sites (tertiary alicyclic amines) is 2. The third kappa shape index (κ3) is 28.4. The number of aromatic amines is 5. The van der Waals surface area contributed by atoms with Crippen LogP contribution in [0.15, 0.2) is 156 Å². The Balaban J connectivity index is 0.000000123. The number of hydrogen-bond acceptors (Lipinski definition) is 33. The fraction of sp³-hybridized carbons (Fsp3) is 0.548. The van der Waals surface area contributed by atoms with Crippen LogP contribution in [-0.4, -0.2) is 127 Å². The van der Waals surface area contributed by atoms with Gasteiger partial charge in [-0.1, -0.05) is 178 Å². The molecule has 12 heterocycles. The van der Waals surface area contributed by atoms with Gasteiger partial charge in [-0.15, -0.1) is 0 Å².